The maximum Gasteiger partial charge on any atom is 0.136 e. The third-order valence-electron chi connectivity index (χ3n) is 2.67. The van der Waals surface area contributed by atoms with Crippen molar-refractivity contribution < 1.29 is 9.53 Å². The van der Waals surface area contributed by atoms with Crippen molar-refractivity contribution in [3.8, 4) is 0 Å². The van der Waals surface area contributed by atoms with E-state index in [4.69, 9.17) is 4.74 Å². The lowest BCUT2D eigenvalue weighted by molar-refractivity contribution is -0.121. The molecule has 2 heteroatoms. The van der Waals surface area contributed by atoms with Crippen LogP contribution in [0.5, 0.6) is 0 Å². The summed E-state index contributed by atoms with van der Waals surface area (Å²) in [6, 6.07) is 0. The van der Waals surface area contributed by atoms with Gasteiger partial charge in [0.2, 0.25) is 0 Å². The molecule has 0 saturated heterocycles. The van der Waals surface area contributed by atoms with Gasteiger partial charge in [0.1, 0.15) is 5.78 Å². The molecule has 1 saturated carbocycles. The molecule has 0 radical (unpaired) electrons. The molecule has 1 atom stereocenters. The Morgan fingerprint density at radius 2 is 2.17 bits per heavy atom. The van der Waals surface area contributed by atoms with Gasteiger partial charge < -0.3 is 4.74 Å². The Balaban J connectivity index is 2.14. The van der Waals surface area contributed by atoms with E-state index in [-0.39, 0.29) is 0 Å². The third-order valence-corrected chi connectivity index (χ3v) is 2.67. The fourth-order valence-corrected chi connectivity index (χ4v) is 1.58. The molecule has 1 aliphatic carbocycles. The van der Waals surface area contributed by atoms with E-state index in [1.54, 1.807) is 7.11 Å². The van der Waals surface area contributed by atoms with Crippen LogP contribution in [0.2, 0.25) is 0 Å². The van der Waals surface area contributed by atoms with Gasteiger partial charge in [0.25, 0.3) is 0 Å². The van der Waals surface area contributed by atoms with E-state index in [1.165, 1.54) is 0 Å². The van der Waals surface area contributed by atoms with Gasteiger partial charge in [0.15, 0.2) is 0 Å². The number of hydrogen-bond acceptors (Lipinski definition) is 2. The van der Waals surface area contributed by atoms with Crippen LogP contribution >= 0.6 is 0 Å². The van der Waals surface area contributed by atoms with Gasteiger partial charge in [-0.2, -0.15) is 0 Å². The lowest BCUT2D eigenvalue weighted by Gasteiger charge is -2.01. The van der Waals surface area contributed by atoms with Crippen molar-refractivity contribution in [2.24, 2.45) is 11.3 Å². The van der Waals surface area contributed by atoms with E-state index >= 15 is 0 Å². The zero-order valence-corrected chi connectivity index (χ0v) is 8.22. The molecule has 0 aromatic carbocycles. The first-order chi connectivity index (χ1) is 5.58. The molecule has 0 aromatic heterocycles. The molecule has 0 aliphatic heterocycles. The van der Waals surface area contributed by atoms with E-state index in [0.29, 0.717) is 30.1 Å². The van der Waals surface area contributed by atoms with Crippen molar-refractivity contribution in [1.29, 1.82) is 0 Å². The van der Waals surface area contributed by atoms with Crippen LogP contribution < -0.4 is 0 Å². The minimum Gasteiger partial charge on any atom is -0.385 e. The topological polar surface area (TPSA) is 26.3 Å². The molecule has 0 amide bonds. The number of ketones is 1. The largest absolute Gasteiger partial charge is 0.385 e. The molecule has 0 aromatic rings. The lowest BCUT2D eigenvalue weighted by Crippen LogP contribution is -2.06. The summed E-state index contributed by atoms with van der Waals surface area (Å²) >= 11 is 0. The molecule has 1 fully saturated rings. The highest BCUT2D eigenvalue weighted by atomic mass is 16.5. The Bertz CT molecular complexity index is 173. The van der Waals surface area contributed by atoms with Crippen molar-refractivity contribution in [2.45, 2.75) is 33.1 Å². The second-order valence-electron chi connectivity index (χ2n) is 4.31. The lowest BCUT2D eigenvalue weighted by atomic mass is 10.0. The molecule has 0 spiro atoms. The SMILES string of the molecule is COCCCC(=O)C1CC1(C)C. The Kier molecular flexibility index (Phi) is 2.89. The standard InChI is InChI=1S/C10H18O2/c1-10(2)7-8(10)9(11)5-4-6-12-3/h8H,4-7H2,1-3H3. The zero-order valence-electron chi connectivity index (χ0n) is 8.22. The van der Waals surface area contributed by atoms with Crippen molar-refractivity contribution in [3.63, 3.8) is 0 Å². The predicted molar refractivity (Wildman–Crippen MR) is 48.0 cm³/mol. The molecule has 1 unspecified atom stereocenters. The van der Waals surface area contributed by atoms with E-state index in [0.717, 1.165) is 12.8 Å². The van der Waals surface area contributed by atoms with Crippen molar-refractivity contribution in [3.05, 3.63) is 0 Å². The van der Waals surface area contributed by atoms with Gasteiger partial charge in [-0.05, 0) is 18.3 Å². The molecule has 0 heterocycles. The Morgan fingerprint density at radius 3 is 2.58 bits per heavy atom. The van der Waals surface area contributed by atoms with Gasteiger partial charge in [-0.1, -0.05) is 13.8 Å². The molecule has 1 rings (SSSR count). The second-order valence-corrected chi connectivity index (χ2v) is 4.31. The zero-order chi connectivity index (χ0) is 9.19. The minimum absolute atomic E-state index is 0.296. The summed E-state index contributed by atoms with van der Waals surface area (Å²) in [6.07, 6.45) is 2.66. The van der Waals surface area contributed by atoms with Gasteiger partial charge in [-0.25, -0.2) is 0 Å². The van der Waals surface area contributed by atoms with Gasteiger partial charge >= 0.3 is 0 Å². The maximum absolute atomic E-state index is 11.4. The summed E-state index contributed by atoms with van der Waals surface area (Å²) in [6.45, 7) is 5.02. The highest BCUT2D eigenvalue weighted by molar-refractivity contribution is 5.84. The summed E-state index contributed by atoms with van der Waals surface area (Å²) in [5.41, 5.74) is 0.296. The van der Waals surface area contributed by atoms with Crippen LogP contribution in [0.4, 0.5) is 0 Å². The first-order valence-electron chi connectivity index (χ1n) is 4.59. The molecule has 12 heavy (non-hydrogen) atoms. The number of rotatable bonds is 5. The summed E-state index contributed by atoms with van der Waals surface area (Å²) in [7, 11) is 1.67. The average molecular weight is 170 g/mol. The van der Waals surface area contributed by atoms with Gasteiger partial charge in [-0.3, -0.25) is 4.79 Å². The predicted octanol–water partition coefficient (Wildman–Crippen LogP) is 2.03. The molecule has 0 N–H and O–H groups in total. The monoisotopic (exact) mass is 170 g/mol. The number of hydrogen-bond donors (Lipinski definition) is 0. The Morgan fingerprint density at radius 1 is 1.58 bits per heavy atom. The van der Waals surface area contributed by atoms with E-state index in [1.807, 2.05) is 0 Å². The number of carbonyl (C=O) groups is 1. The Hall–Kier alpha value is -0.370. The number of carbonyl (C=O) groups excluding carboxylic acids is 1. The summed E-state index contributed by atoms with van der Waals surface area (Å²) < 4.78 is 4.89. The van der Waals surface area contributed by atoms with Crippen LogP contribution in [0.25, 0.3) is 0 Å². The normalized spacial score (nSPS) is 25.4. The summed E-state index contributed by atoms with van der Waals surface area (Å²) in [5.74, 6) is 0.770. The molecule has 1 aliphatic rings. The van der Waals surface area contributed by atoms with E-state index in [9.17, 15) is 4.79 Å². The minimum atomic E-state index is 0.296. The first kappa shape index (κ1) is 9.72. The van der Waals surface area contributed by atoms with Crippen LogP contribution in [0.3, 0.4) is 0 Å². The average Bonchev–Trinajstić information content (AvgIpc) is 2.60. The maximum atomic E-state index is 11.4. The Labute approximate surface area is 74.3 Å². The van der Waals surface area contributed by atoms with E-state index in [2.05, 4.69) is 13.8 Å². The van der Waals surface area contributed by atoms with Crippen LogP contribution in [-0.4, -0.2) is 19.5 Å². The first-order valence-corrected chi connectivity index (χ1v) is 4.59. The number of ether oxygens (including phenoxy) is 1. The summed E-state index contributed by atoms with van der Waals surface area (Å²) in [4.78, 5) is 11.4. The molecule has 0 bridgehead atoms. The van der Waals surface area contributed by atoms with Gasteiger partial charge in [-0.15, -0.1) is 0 Å². The van der Waals surface area contributed by atoms with Crippen molar-refractivity contribution >= 4 is 5.78 Å². The number of methoxy groups -OCH3 is 1. The molecule has 70 valence electrons. The smallest absolute Gasteiger partial charge is 0.136 e. The van der Waals surface area contributed by atoms with Crippen LogP contribution in [0, 0.1) is 11.3 Å². The van der Waals surface area contributed by atoms with E-state index < -0.39 is 0 Å². The van der Waals surface area contributed by atoms with Crippen molar-refractivity contribution in [2.75, 3.05) is 13.7 Å². The van der Waals surface area contributed by atoms with Crippen LogP contribution in [-0.2, 0) is 9.53 Å². The van der Waals surface area contributed by atoms with Gasteiger partial charge in [0, 0.05) is 26.1 Å². The highest BCUT2D eigenvalue weighted by Crippen LogP contribution is 2.52. The molecule has 2 nitrogen and oxygen atoms in total. The molecular weight excluding hydrogens is 152 g/mol. The van der Waals surface area contributed by atoms with Crippen LogP contribution in [0.1, 0.15) is 33.1 Å². The molecular formula is C10H18O2. The fourth-order valence-electron chi connectivity index (χ4n) is 1.58. The summed E-state index contributed by atoms with van der Waals surface area (Å²) in [5, 5.41) is 0. The second kappa shape index (κ2) is 3.56. The highest BCUT2D eigenvalue weighted by Gasteiger charge is 2.49. The fraction of sp³-hybridized carbons (Fsp3) is 0.900. The van der Waals surface area contributed by atoms with Crippen molar-refractivity contribution in [1.82, 2.24) is 0 Å². The van der Waals surface area contributed by atoms with Crippen LogP contribution in [0.15, 0.2) is 0 Å². The quantitative estimate of drug-likeness (QED) is 0.590. The number of Topliss-reactive ketones (excluding diaryl/α,β-unsaturated/α-hetero) is 1. The third kappa shape index (κ3) is 2.31. The van der Waals surface area contributed by atoms with Gasteiger partial charge in [0.05, 0.1) is 0 Å².